The van der Waals surface area contributed by atoms with E-state index >= 15 is 0 Å². The van der Waals surface area contributed by atoms with Gasteiger partial charge in [0.1, 0.15) is 0 Å². The van der Waals surface area contributed by atoms with Gasteiger partial charge in [0.25, 0.3) is 0 Å². The first-order valence-corrected chi connectivity index (χ1v) is 5.03. The van der Waals surface area contributed by atoms with Crippen molar-refractivity contribution in [3.8, 4) is 11.8 Å². The van der Waals surface area contributed by atoms with Crippen molar-refractivity contribution in [2.75, 3.05) is 0 Å². The Morgan fingerprint density at radius 2 is 2.38 bits per heavy atom. The van der Waals surface area contributed by atoms with E-state index in [1.165, 1.54) is 11.5 Å². The first-order chi connectivity index (χ1) is 6.29. The Morgan fingerprint density at radius 1 is 1.62 bits per heavy atom. The first kappa shape index (κ1) is 10.2. The van der Waals surface area contributed by atoms with Crippen molar-refractivity contribution < 1.29 is 0 Å². The van der Waals surface area contributed by atoms with Crippen molar-refractivity contribution in [3.05, 3.63) is 10.6 Å². The van der Waals surface area contributed by atoms with Gasteiger partial charge in [-0.05, 0) is 24.9 Å². The Balaban J connectivity index is 2.73. The standard InChI is InChI=1S/C9H13N3S/c1-3-5-6-7(10)9-8(4-2)11-12-13-9/h7H,4,6,10H2,1-2H3. The van der Waals surface area contributed by atoms with Gasteiger partial charge in [-0.3, -0.25) is 0 Å². The summed E-state index contributed by atoms with van der Waals surface area (Å²) in [6.07, 6.45) is 1.58. The van der Waals surface area contributed by atoms with E-state index in [1.54, 1.807) is 0 Å². The van der Waals surface area contributed by atoms with E-state index in [9.17, 15) is 0 Å². The number of nitrogens with two attached hydrogens (primary N) is 1. The predicted molar refractivity (Wildman–Crippen MR) is 54.3 cm³/mol. The Bertz CT molecular complexity index is 321. The van der Waals surface area contributed by atoms with Crippen LogP contribution in [0.15, 0.2) is 0 Å². The molecule has 1 unspecified atom stereocenters. The molecule has 0 aromatic carbocycles. The minimum absolute atomic E-state index is 0.0256. The van der Waals surface area contributed by atoms with Crippen molar-refractivity contribution in [2.45, 2.75) is 32.7 Å². The zero-order chi connectivity index (χ0) is 9.68. The van der Waals surface area contributed by atoms with Crippen LogP contribution in [0.5, 0.6) is 0 Å². The topological polar surface area (TPSA) is 51.8 Å². The van der Waals surface area contributed by atoms with E-state index < -0.39 is 0 Å². The van der Waals surface area contributed by atoms with E-state index in [-0.39, 0.29) is 6.04 Å². The second-order valence-corrected chi connectivity index (χ2v) is 3.46. The van der Waals surface area contributed by atoms with Gasteiger partial charge in [-0.15, -0.1) is 16.9 Å². The second-order valence-electron chi connectivity index (χ2n) is 2.67. The van der Waals surface area contributed by atoms with Crippen LogP contribution in [-0.2, 0) is 6.42 Å². The highest BCUT2D eigenvalue weighted by atomic mass is 32.1. The van der Waals surface area contributed by atoms with Crippen LogP contribution in [0, 0.1) is 11.8 Å². The summed E-state index contributed by atoms with van der Waals surface area (Å²) >= 11 is 1.38. The highest BCUT2D eigenvalue weighted by molar-refractivity contribution is 7.05. The fourth-order valence-corrected chi connectivity index (χ4v) is 1.78. The summed E-state index contributed by atoms with van der Waals surface area (Å²) in [5, 5.41) is 4.00. The first-order valence-electron chi connectivity index (χ1n) is 4.25. The molecule has 0 saturated carbocycles. The molecule has 1 aromatic heterocycles. The molecule has 13 heavy (non-hydrogen) atoms. The Hall–Kier alpha value is -0.920. The van der Waals surface area contributed by atoms with Crippen LogP contribution in [0.2, 0.25) is 0 Å². The van der Waals surface area contributed by atoms with E-state index in [0.29, 0.717) is 6.42 Å². The molecule has 1 heterocycles. The molecule has 0 bridgehead atoms. The van der Waals surface area contributed by atoms with Gasteiger partial charge in [0, 0.05) is 6.42 Å². The summed E-state index contributed by atoms with van der Waals surface area (Å²) in [4.78, 5) is 1.07. The molecule has 0 fully saturated rings. The number of rotatable bonds is 3. The third kappa shape index (κ3) is 2.51. The van der Waals surface area contributed by atoms with Gasteiger partial charge in [0.2, 0.25) is 0 Å². The lowest BCUT2D eigenvalue weighted by Crippen LogP contribution is -2.09. The molecule has 0 aliphatic heterocycles. The van der Waals surface area contributed by atoms with Gasteiger partial charge in [-0.2, -0.15) is 0 Å². The van der Waals surface area contributed by atoms with Crippen LogP contribution in [0.1, 0.15) is 36.9 Å². The summed E-state index contributed by atoms with van der Waals surface area (Å²) in [5.41, 5.74) is 6.94. The van der Waals surface area contributed by atoms with Crippen molar-refractivity contribution in [1.82, 2.24) is 9.59 Å². The van der Waals surface area contributed by atoms with Gasteiger partial charge in [0.05, 0.1) is 16.6 Å². The smallest absolute Gasteiger partial charge is 0.0801 e. The average molecular weight is 195 g/mol. The molecule has 0 radical (unpaired) electrons. The number of aromatic nitrogens is 2. The Morgan fingerprint density at radius 3 is 3.00 bits per heavy atom. The van der Waals surface area contributed by atoms with Crippen molar-refractivity contribution in [3.63, 3.8) is 0 Å². The van der Waals surface area contributed by atoms with Gasteiger partial charge in [0.15, 0.2) is 0 Å². The maximum Gasteiger partial charge on any atom is 0.0801 e. The molecule has 0 amide bonds. The minimum Gasteiger partial charge on any atom is -0.322 e. The molecule has 0 spiro atoms. The lowest BCUT2D eigenvalue weighted by atomic mass is 10.1. The number of nitrogens with zero attached hydrogens (tertiary/aromatic N) is 2. The van der Waals surface area contributed by atoms with Crippen molar-refractivity contribution in [2.24, 2.45) is 5.73 Å². The lowest BCUT2D eigenvalue weighted by molar-refractivity contribution is 0.752. The molecule has 0 aliphatic rings. The van der Waals surface area contributed by atoms with Gasteiger partial charge < -0.3 is 5.73 Å². The van der Waals surface area contributed by atoms with Crippen molar-refractivity contribution in [1.29, 1.82) is 0 Å². The molecule has 1 aromatic rings. The fraction of sp³-hybridized carbons (Fsp3) is 0.556. The maximum atomic E-state index is 5.93. The number of aryl methyl sites for hydroxylation is 1. The highest BCUT2D eigenvalue weighted by Gasteiger charge is 2.12. The zero-order valence-corrected chi connectivity index (χ0v) is 8.69. The third-order valence-electron chi connectivity index (χ3n) is 1.76. The van der Waals surface area contributed by atoms with Crippen LogP contribution in [-0.4, -0.2) is 9.59 Å². The van der Waals surface area contributed by atoms with Crippen LogP contribution >= 0.6 is 11.5 Å². The number of hydrogen-bond donors (Lipinski definition) is 1. The Kier molecular flexibility index (Phi) is 3.87. The largest absolute Gasteiger partial charge is 0.322 e. The quantitative estimate of drug-likeness (QED) is 0.744. The van der Waals surface area contributed by atoms with E-state index in [2.05, 4.69) is 28.4 Å². The SMILES string of the molecule is CC#CCC(N)c1snnc1CC. The lowest BCUT2D eigenvalue weighted by Gasteiger charge is -2.04. The maximum absolute atomic E-state index is 5.93. The monoisotopic (exact) mass is 195 g/mol. The van der Waals surface area contributed by atoms with Crippen LogP contribution in [0.3, 0.4) is 0 Å². The summed E-state index contributed by atoms with van der Waals surface area (Å²) in [5.74, 6) is 5.80. The predicted octanol–water partition coefficient (Wildman–Crippen LogP) is 1.51. The van der Waals surface area contributed by atoms with Crippen molar-refractivity contribution >= 4 is 11.5 Å². The zero-order valence-electron chi connectivity index (χ0n) is 7.87. The summed E-state index contributed by atoms with van der Waals surface area (Å²) < 4.78 is 3.89. The average Bonchev–Trinajstić information content (AvgIpc) is 2.61. The molecule has 0 aliphatic carbocycles. The van der Waals surface area contributed by atoms with E-state index in [0.717, 1.165) is 17.0 Å². The molecular weight excluding hydrogens is 182 g/mol. The minimum atomic E-state index is -0.0256. The number of hydrogen-bond acceptors (Lipinski definition) is 4. The fourth-order valence-electron chi connectivity index (χ4n) is 1.05. The van der Waals surface area contributed by atoms with Crippen LogP contribution in [0.4, 0.5) is 0 Å². The van der Waals surface area contributed by atoms with E-state index in [4.69, 9.17) is 5.73 Å². The third-order valence-corrected chi connectivity index (χ3v) is 2.65. The van der Waals surface area contributed by atoms with Crippen LogP contribution < -0.4 is 5.73 Å². The Labute approximate surface area is 82.5 Å². The highest BCUT2D eigenvalue weighted by Crippen LogP contribution is 2.20. The molecule has 1 atom stereocenters. The summed E-state index contributed by atoms with van der Waals surface area (Å²) in [6, 6.07) is -0.0256. The molecule has 2 N–H and O–H groups in total. The molecular formula is C9H13N3S. The van der Waals surface area contributed by atoms with E-state index in [1.807, 2.05) is 6.92 Å². The van der Waals surface area contributed by atoms with Crippen LogP contribution in [0.25, 0.3) is 0 Å². The van der Waals surface area contributed by atoms with Gasteiger partial charge in [-0.25, -0.2) is 0 Å². The normalized spacial score (nSPS) is 11.9. The summed E-state index contributed by atoms with van der Waals surface area (Å²) in [6.45, 7) is 3.87. The van der Waals surface area contributed by atoms with Gasteiger partial charge >= 0.3 is 0 Å². The molecule has 1 rings (SSSR count). The molecule has 70 valence electrons. The molecule has 4 heteroatoms. The molecule has 0 saturated heterocycles. The molecule has 3 nitrogen and oxygen atoms in total. The summed E-state index contributed by atoms with van der Waals surface area (Å²) in [7, 11) is 0. The van der Waals surface area contributed by atoms with Gasteiger partial charge in [-0.1, -0.05) is 11.4 Å². The second kappa shape index (κ2) is 4.95.